The van der Waals surface area contributed by atoms with Gasteiger partial charge >= 0.3 is 0 Å². The van der Waals surface area contributed by atoms with Gasteiger partial charge in [0.1, 0.15) is 0 Å². The molecule has 2 rings (SSSR count). The molecule has 1 aliphatic carbocycles. The van der Waals surface area contributed by atoms with Crippen molar-refractivity contribution in [2.45, 2.75) is 45.7 Å². The molecule has 0 aromatic carbocycles. The van der Waals surface area contributed by atoms with Crippen molar-refractivity contribution in [2.24, 2.45) is 11.7 Å². The maximum Gasteiger partial charge on any atom is 0.0547 e. The number of aryl methyl sites for hydroxylation is 1. The van der Waals surface area contributed by atoms with Gasteiger partial charge in [0, 0.05) is 24.8 Å². The average molecular weight is 247 g/mol. The van der Waals surface area contributed by atoms with Crippen molar-refractivity contribution < 1.29 is 0 Å². The minimum Gasteiger partial charge on any atom is -0.327 e. The molecule has 2 N–H and O–H groups in total. The van der Waals surface area contributed by atoms with Crippen LogP contribution in [0.25, 0.3) is 0 Å². The molecular weight excluding hydrogens is 222 g/mol. The number of nitrogens with zero attached hydrogens (tertiary/aromatic N) is 2. The van der Waals surface area contributed by atoms with E-state index in [0.29, 0.717) is 6.04 Å². The van der Waals surface area contributed by atoms with Gasteiger partial charge in [-0.1, -0.05) is 13.0 Å². The molecule has 3 nitrogen and oxygen atoms in total. The standard InChI is InChI=1S/C15H25N3/c1-3-18(10-9-15(16)13-7-8-13)11-14-6-4-5-12(2)17-14/h4-6,13,15H,3,7-11,16H2,1-2H3. The number of pyridine rings is 1. The highest BCUT2D eigenvalue weighted by Crippen LogP contribution is 2.32. The molecule has 1 fully saturated rings. The second-order valence-electron chi connectivity index (χ2n) is 5.43. The summed E-state index contributed by atoms with van der Waals surface area (Å²) in [6.07, 6.45) is 3.80. The van der Waals surface area contributed by atoms with Gasteiger partial charge in [0.15, 0.2) is 0 Å². The lowest BCUT2D eigenvalue weighted by Gasteiger charge is -2.22. The van der Waals surface area contributed by atoms with Gasteiger partial charge in [0.2, 0.25) is 0 Å². The summed E-state index contributed by atoms with van der Waals surface area (Å²) in [5.74, 6) is 0.806. The van der Waals surface area contributed by atoms with E-state index >= 15 is 0 Å². The molecule has 1 atom stereocenters. The summed E-state index contributed by atoms with van der Waals surface area (Å²) in [6.45, 7) is 7.34. The van der Waals surface area contributed by atoms with Crippen molar-refractivity contribution >= 4 is 0 Å². The van der Waals surface area contributed by atoms with Crippen molar-refractivity contribution in [3.05, 3.63) is 29.6 Å². The molecular formula is C15H25N3. The van der Waals surface area contributed by atoms with E-state index in [0.717, 1.165) is 43.4 Å². The van der Waals surface area contributed by atoms with E-state index in [1.54, 1.807) is 0 Å². The van der Waals surface area contributed by atoms with E-state index < -0.39 is 0 Å². The summed E-state index contributed by atoms with van der Waals surface area (Å²) >= 11 is 0. The topological polar surface area (TPSA) is 42.1 Å². The van der Waals surface area contributed by atoms with Crippen molar-refractivity contribution in [1.29, 1.82) is 0 Å². The number of aromatic nitrogens is 1. The van der Waals surface area contributed by atoms with Crippen LogP contribution in [0.3, 0.4) is 0 Å². The summed E-state index contributed by atoms with van der Waals surface area (Å²) in [6, 6.07) is 6.64. The van der Waals surface area contributed by atoms with E-state index in [2.05, 4.69) is 28.9 Å². The third-order valence-corrected chi connectivity index (χ3v) is 3.78. The maximum absolute atomic E-state index is 6.16. The maximum atomic E-state index is 6.16. The molecule has 100 valence electrons. The van der Waals surface area contributed by atoms with E-state index in [1.807, 2.05) is 13.0 Å². The molecule has 0 spiro atoms. The Hall–Kier alpha value is -0.930. The number of rotatable bonds is 7. The number of hydrogen-bond acceptors (Lipinski definition) is 3. The molecule has 0 amide bonds. The molecule has 1 unspecified atom stereocenters. The average Bonchev–Trinajstić information content (AvgIpc) is 3.18. The number of nitrogens with two attached hydrogens (primary N) is 1. The Balaban J connectivity index is 1.80. The Labute approximate surface area is 110 Å². The van der Waals surface area contributed by atoms with Crippen LogP contribution in [-0.4, -0.2) is 29.0 Å². The Morgan fingerprint density at radius 1 is 1.44 bits per heavy atom. The lowest BCUT2D eigenvalue weighted by molar-refractivity contribution is 0.261. The fraction of sp³-hybridized carbons (Fsp3) is 0.667. The van der Waals surface area contributed by atoms with Crippen LogP contribution in [0.15, 0.2) is 18.2 Å². The van der Waals surface area contributed by atoms with E-state index in [1.165, 1.54) is 12.8 Å². The zero-order valence-electron chi connectivity index (χ0n) is 11.6. The molecule has 0 saturated heterocycles. The first-order chi connectivity index (χ1) is 8.69. The van der Waals surface area contributed by atoms with Crippen LogP contribution >= 0.6 is 0 Å². The Morgan fingerprint density at radius 3 is 2.83 bits per heavy atom. The summed E-state index contributed by atoms with van der Waals surface area (Å²) in [5.41, 5.74) is 8.42. The molecule has 1 aromatic heterocycles. The van der Waals surface area contributed by atoms with E-state index in [-0.39, 0.29) is 0 Å². The molecule has 0 radical (unpaired) electrons. The predicted molar refractivity (Wildman–Crippen MR) is 75.2 cm³/mol. The summed E-state index contributed by atoms with van der Waals surface area (Å²) in [5, 5.41) is 0. The highest BCUT2D eigenvalue weighted by Gasteiger charge is 2.28. The molecule has 1 saturated carbocycles. The second kappa shape index (κ2) is 6.30. The molecule has 1 heterocycles. The van der Waals surface area contributed by atoms with Crippen LogP contribution in [0.4, 0.5) is 0 Å². The number of hydrogen-bond donors (Lipinski definition) is 1. The van der Waals surface area contributed by atoms with Gasteiger partial charge in [-0.2, -0.15) is 0 Å². The van der Waals surface area contributed by atoms with Crippen molar-refractivity contribution in [1.82, 2.24) is 9.88 Å². The first-order valence-corrected chi connectivity index (χ1v) is 7.09. The zero-order valence-corrected chi connectivity index (χ0v) is 11.6. The SMILES string of the molecule is CCN(CCC(N)C1CC1)Cc1cccc(C)n1. The monoisotopic (exact) mass is 247 g/mol. The molecule has 3 heteroatoms. The van der Waals surface area contributed by atoms with Gasteiger partial charge in [0.05, 0.1) is 5.69 Å². The largest absolute Gasteiger partial charge is 0.327 e. The van der Waals surface area contributed by atoms with Gasteiger partial charge in [-0.3, -0.25) is 9.88 Å². The Kier molecular flexibility index (Phi) is 4.72. The lowest BCUT2D eigenvalue weighted by atomic mass is 10.1. The van der Waals surface area contributed by atoms with Gasteiger partial charge < -0.3 is 5.73 Å². The highest BCUT2D eigenvalue weighted by atomic mass is 15.1. The lowest BCUT2D eigenvalue weighted by Crippen LogP contribution is -2.31. The third-order valence-electron chi connectivity index (χ3n) is 3.78. The smallest absolute Gasteiger partial charge is 0.0547 e. The van der Waals surface area contributed by atoms with Crippen LogP contribution in [0.5, 0.6) is 0 Å². The second-order valence-corrected chi connectivity index (χ2v) is 5.43. The quantitative estimate of drug-likeness (QED) is 0.804. The van der Waals surface area contributed by atoms with E-state index in [9.17, 15) is 0 Å². The fourth-order valence-electron chi connectivity index (χ4n) is 2.36. The molecule has 0 aliphatic heterocycles. The Bertz CT molecular complexity index is 374. The molecule has 1 aromatic rings. The Morgan fingerprint density at radius 2 is 2.22 bits per heavy atom. The van der Waals surface area contributed by atoms with Gasteiger partial charge in [0.25, 0.3) is 0 Å². The van der Waals surface area contributed by atoms with E-state index in [4.69, 9.17) is 5.73 Å². The summed E-state index contributed by atoms with van der Waals surface area (Å²) < 4.78 is 0. The van der Waals surface area contributed by atoms with Crippen LogP contribution in [-0.2, 0) is 6.54 Å². The predicted octanol–water partition coefficient (Wildman–Crippen LogP) is 2.34. The molecule has 0 bridgehead atoms. The first kappa shape index (κ1) is 13.5. The normalized spacial score (nSPS) is 17.1. The van der Waals surface area contributed by atoms with Crippen LogP contribution in [0, 0.1) is 12.8 Å². The van der Waals surface area contributed by atoms with Crippen molar-refractivity contribution in [3.63, 3.8) is 0 Å². The summed E-state index contributed by atoms with van der Waals surface area (Å²) in [7, 11) is 0. The van der Waals surface area contributed by atoms with Crippen LogP contribution in [0.2, 0.25) is 0 Å². The van der Waals surface area contributed by atoms with Crippen molar-refractivity contribution in [3.8, 4) is 0 Å². The van der Waals surface area contributed by atoms with Gasteiger partial charge in [-0.15, -0.1) is 0 Å². The highest BCUT2D eigenvalue weighted by molar-refractivity contribution is 5.09. The van der Waals surface area contributed by atoms with Gasteiger partial charge in [-0.25, -0.2) is 0 Å². The van der Waals surface area contributed by atoms with Crippen molar-refractivity contribution in [2.75, 3.05) is 13.1 Å². The third kappa shape index (κ3) is 4.07. The summed E-state index contributed by atoms with van der Waals surface area (Å²) in [4.78, 5) is 7.00. The first-order valence-electron chi connectivity index (χ1n) is 7.09. The van der Waals surface area contributed by atoms with Gasteiger partial charge in [-0.05, 0) is 50.8 Å². The van der Waals surface area contributed by atoms with Crippen LogP contribution < -0.4 is 5.73 Å². The zero-order chi connectivity index (χ0) is 13.0. The molecule has 18 heavy (non-hydrogen) atoms. The molecule has 1 aliphatic rings. The minimum atomic E-state index is 0.407. The fourth-order valence-corrected chi connectivity index (χ4v) is 2.36. The van der Waals surface area contributed by atoms with Crippen LogP contribution in [0.1, 0.15) is 37.6 Å². The minimum absolute atomic E-state index is 0.407.